The fraction of sp³-hybridized carbons (Fsp3) is 0.222. The summed E-state index contributed by atoms with van der Waals surface area (Å²) in [6.45, 7) is 1.76. The van der Waals surface area contributed by atoms with E-state index in [1.807, 2.05) is 37.3 Å². The van der Waals surface area contributed by atoms with Gasteiger partial charge in [0.05, 0.1) is 24.8 Å². The second kappa shape index (κ2) is 8.37. The van der Waals surface area contributed by atoms with Gasteiger partial charge in [-0.2, -0.15) is 5.26 Å². The van der Waals surface area contributed by atoms with Crippen LogP contribution in [0, 0.1) is 11.3 Å². The second-order valence-electron chi connectivity index (χ2n) is 5.08. The number of rotatable bonds is 6. The predicted molar refractivity (Wildman–Crippen MR) is 93.9 cm³/mol. The number of methoxy groups -OCH3 is 1. The third kappa shape index (κ3) is 4.49. The van der Waals surface area contributed by atoms with E-state index < -0.39 is 0 Å². The van der Waals surface area contributed by atoms with Gasteiger partial charge in [-0.25, -0.2) is 0 Å². The highest BCUT2D eigenvalue weighted by Crippen LogP contribution is 2.28. The maximum Gasteiger partial charge on any atom is 0.258 e. The van der Waals surface area contributed by atoms with Crippen LogP contribution in [0.2, 0.25) is 0 Å². The van der Waals surface area contributed by atoms with Gasteiger partial charge in [-0.15, -0.1) is 0 Å². The third-order valence-electron chi connectivity index (χ3n) is 3.40. The molecular formula is C18H17BrN2O3. The molecule has 2 aromatic carbocycles. The van der Waals surface area contributed by atoms with Crippen LogP contribution < -0.4 is 14.8 Å². The second-order valence-corrected chi connectivity index (χ2v) is 5.93. The molecule has 5 nitrogen and oxygen atoms in total. The zero-order valence-corrected chi connectivity index (χ0v) is 15.0. The first kappa shape index (κ1) is 17.8. The zero-order chi connectivity index (χ0) is 17.5. The van der Waals surface area contributed by atoms with E-state index in [2.05, 4.69) is 21.2 Å². The minimum Gasteiger partial charge on any atom is -0.493 e. The number of carbonyl (C=O) groups is 1. The van der Waals surface area contributed by atoms with E-state index in [9.17, 15) is 4.79 Å². The smallest absolute Gasteiger partial charge is 0.258 e. The SMILES string of the molecule is COc1cc(C#N)ccc1OCC(=O)N[C@@H](C)c1ccccc1Br. The summed E-state index contributed by atoms with van der Waals surface area (Å²) in [7, 11) is 1.48. The average molecular weight is 389 g/mol. The Balaban J connectivity index is 1.96. The van der Waals surface area contributed by atoms with Crippen LogP contribution in [-0.4, -0.2) is 19.6 Å². The Morgan fingerprint density at radius 2 is 2.04 bits per heavy atom. The Kier molecular flexibility index (Phi) is 6.21. The molecule has 0 saturated heterocycles. The highest BCUT2D eigenvalue weighted by atomic mass is 79.9. The Bertz CT molecular complexity index is 771. The van der Waals surface area contributed by atoms with E-state index in [-0.39, 0.29) is 18.6 Å². The maximum atomic E-state index is 12.1. The lowest BCUT2D eigenvalue weighted by molar-refractivity contribution is -0.123. The molecular weight excluding hydrogens is 372 g/mol. The molecule has 1 N–H and O–H groups in total. The largest absolute Gasteiger partial charge is 0.493 e. The minimum atomic E-state index is -0.246. The van der Waals surface area contributed by atoms with Crippen molar-refractivity contribution in [1.29, 1.82) is 5.26 Å². The van der Waals surface area contributed by atoms with Gasteiger partial charge in [0.1, 0.15) is 0 Å². The number of hydrogen-bond donors (Lipinski definition) is 1. The molecule has 0 unspecified atom stereocenters. The van der Waals surface area contributed by atoms with Crippen LogP contribution in [0.3, 0.4) is 0 Å². The van der Waals surface area contributed by atoms with Crippen molar-refractivity contribution in [3.05, 3.63) is 58.1 Å². The summed E-state index contributed by atoms with van der Waals surface area (Å²) in [4.78, 5) is 12.1. The first-order valence-corrected chi connectivity index (χ1v) is 8.09. The van der Waals surface area contributed by atoms with Crippen LogP contribution in [0.15, 0.2) is 46.9 Å². The van der Waals surface area contributed by atoms with Crippen molar-refractivity contribution < 1.29 is 14.3 Å². The van der Waals surface area contributed by atoms with Crippen molar-refractivity contribution in [3.8, 4) is 17.6 Å². The summed E-state index contributed by atoms with van der Waals surface area (Å²) in [5.74, 6) is 0.588. The van der Waals surface area contributed by atoms with Gasteiger partial charge >= 0.3 is 0 Å². The molecule has 0 bridgehead atoms. The minimum absolute atomic E-state index is 0.142. The van der Waals surface area contributed by atoms with E-state index >= 15 is 0 Å². The summed E-state index contributed by atoms with van der Waals surface area (Å²) < 4.78 is 11.6. The van der Waals surface area contributed by atoms with E-state index in [1.165, 1.54) is 7.11 Å². The molecule has 2 aromatic rings. The Morgan fingerprint density at radius 3 is 2.71 bits per heavy atom. The van der Waals surface area contributed by atoms with Crippen molar-refractivity contribution in [2.24, 2.45) is 0 Å². The number of carbonyl (C=O) groups excluding carboxylic acids is 1. The average Bonchev–Trinajstić information content (AvgIpc) is 2.60. The number of nitriles is 1. The number of hydrogen-bond acceptors (Lipinski definition) is 4. The number of amides is 1. The van der Waals surface area contributed by atoms with Crippen LogP contribution in [0.5, 0.6) is 11.5 Å². The third-order valence-corrected chi connectivity index (χ3v) is 4.12. The van der Waals surface area contributed by atoms with E-state index in [1.54, 1.807) is 18.2 Å². The van der Waals surface area contributed by atoms with Gasteiger partial charge in [-0.1, -0.05) is 34.1 Å². The summed E-state index contributed by atoms with van der Waals surface area (Å²) in [5, 5.41) is 11.8. The van der Waals surface area contributed by atoms with Crippen LogP contribution in [0.1, 0.15) is 24.1 Å². The first-order valence-electron chi connectivity index (χ1n) is 7.30. The predicted octanol–water partition coefficient (Wildman–Crippen LogP) is 3.59. The van der Waals surface area contributed by atoms with E-state index in [4.69, 9.17) is 14.7 Å². The number of nitrogens with one attached hydrogen (secondary N) is 1. The van der Waals surface area contributed by atoms with Gasteiger partial charge in [0.15, 0.2) is 18.1 Å². The molecule has 0 aliphatic heterocycles. The van der Waals surface area contributed by atoms with Gasteiger partial charge in [0.25, 0.3) is 5.91 Å². The molecule has 0 spiro atoms. The zero-order valence-electron chi connectivity index (χ0n) is 13.4. The number of ether oxygens (including phenoxy) is 2. The first-order chi connectivity index (χ1) is 11.5. The lowest BCUT2D eigenvalue weighted by atomic mass is 10.1. The molecule has 0 fully saturated rings. The van der Waals surface area contributed by atoms with Crippen LogP contribution in [-0.2, 0) is 4.79 Å². The summed E-state index contributed by atoms with van der Waals surface area (Å²) in [5.41, 5.74) is 1.45. The Hall–Kier alpha value is -2.52. The van der Waals surface area contributed by atoms with E-state index in [0.29, 0.717) is 17.1 Å². The van der Waals surface area contributed by atoms with Crippen molar-refractivity contribution >= 4 is 21.8 Å². The fourth-order valence-electron chi connectivity index (χ4n) is 2.19. The molecule has 124 valence electrons. The topological polar surface area (TPSA) is 71.3 Å². The standard InChI is InChI=1S/C18H17BrN2O3/c1-12(14-5-3-4-6-15(14)19)21-18(22)11-24-16-8-7-13(10-20)9-17(16)23-2/h3-9,12H,11H2,1-2H3,(H,21,22)/t12-/m0/s1. The highest BCUT2D eigenvalue weighted by molar-refractivity contribution is 9.10. The van der Waals surface area contributed by atoms with Gasteiger partial charge in [-0.3, -0.25) is 4.79 Å². The van der Waals surface area contributed by atoms with Gasteiger partial charge < -0.3 is 14.8 Å². The highest BCUT2D eigenvalue weighted by Gasteiger charge is 2.13. The quantitative estimate of drug-likeness (QED) is 0.820. The number of halogens is 1. The molecule has 0 aliphatic carbocycles. The fourth-order valence-corrected chi connectivity index (χ4v) is 2.81. The lowest BCUT2D eigenvalue weighted by Crippen LogP contribution is -2.31. The van der Waals surface area contributed by atoms with Gasteiger partial charge in [0.2, 0.25) is 0 Å². The van der Waals surface area contributed by atoms with Crippen molar-refractivity contribution in [3.63, 3.8) is 0 Å². The summed E-state index contributed by atoms with van der Waals surface area (Å²) in [6, 6.07) is 14.4. The number of nitrogens with zero attached hydrogens (tertiary/aromatic N) is 1. The molecule has 1 amide bonds. The summed E-state index contributed by atoms with van der Waals surface area (Å²) >= 11 is 3.47. The molecule has 0 aliphatic rings. The Morgan fingerprint density at radius 1 is 1.29 bits per heavy atom. The molecule has 1 atom stereocenters. The van der Waals surface area contributed by atoms with E-state index in [0.717, 1.165) is 10.0 Å². The molecule has 2 rings (SSSR count). The molecule has 24 heavy (non-hydrogen) atoms. The number of benzene rings is 2. The molecule has 6 heteroatoms. The van der Waals surface area contributed by atoms with Crippen molar-refractivity contribution in [2.75, 3.05) is 13.7 Å². The van der Waals surface area contributed by atoms with Crippen molar-refractivity contribution in [2.45, 2.75) is 13.0 Å². The molecule has 0 aromatic heterocycles. The molecule has 0 radical (unpaired) electrons. The monoisotopic (exact) mass is 388 g/mol. The Labute approximate surface area is 149 Å². The van der Waals surface area contributed by atoms with Crippen LogP contribution in [0.25, 0.3) is 0 Å². The van der Waals surface area contributed by atoms with Gasteiger partial charge in [-0.05, 0) is 30.7 Å². The molecule has 0 heterocycles. The van der Waals surface area contributed by atoms with Crippen LogP contribution >= 0.6 is 15.9 Å². The van der Waals surface area contributed by atoms with Crippen LogP contribution in [0.4, 0.5) is 0 Å². The van der Waals surface area contributed by atoms with Gasteiger partial charge in [0, 0.05) is 10.5 Å². The summed E-state index contributed by atoms with van der Waals surface area (Å²) in [6.07, 6.45) is 0. The molecule has 0 saturated carbocycles. The van der Waals surface area contributed by atoms with Crippen molar-refractivity contribution in [1.82, 2.24) is 5.32 Å². The maximum absolute atomic E-state index is 12.1. The lowest BCUT2D eigenvalue weighted by Gasteiger charge is -2.16. The normalized spacial score (nSPS) is 11.2.